The lowest BCUT2D eigenvalue weighted by molar-refractivity contribution is -0.135. The number of aromatic carboxylic acids is 1. The Morgan fingerprint density at radius 3 is 2.54 bits per heavy atom. The standard InChI is InChI=1S/C31H25BCl2N2O5/c32-18-6-11-26(41-21-8-4-16(5-9-21)29(38)39)22(13-18)28-31(23-10-7-20(34)14-25(23)35-30(31)40)24(15-27(37)36-28)17-2-1-3-19(33)12-17/h1-11,13-14,17,24,28H,12,15,32H2,(H,35,40)(H,36,37)(H,38,39)/t17-,24?,28+,31+/m1/s1. The van der Waals surface area contributed by atoms with Crippen molar-refractivity contribution in [3.05, 3.63) is 106 Å². The molecule has 0 aromatic heterocycles. The molecule has 206 valence electrons. The number of halogens is 2. The Morgan fingerprint density at radius 1 is 1.02 bits per heavy atom. The Hall–Kier alpha value is -4.01. The van der Waals surface area contributed by atoms with Gasteiger partial charge in [-0.25, -0.2) is 4.79 Å². The average molecular weight is 587 g/mol. The number of anilines is 1. The predicted molar refractivity (Wildman–Crippen MR) is 160 cm³/mol. The molecule has 1 aliphatic carbocycles. The largest absolute Gasteiger partial charge is 0.478 e. The Labute approximate surface area is 247 Å². The van der Waals surface area contributed by atoms with E-state index in [2.05, 4.69) is 10.6 Å². The van der Waals surface area contributed by atoms with E-state index in [-0.39, 0.29) is 29.7 Å². The van der Waals surface area contributed by atoms with E-state index in [0.717, 1.165) is 11.0 Å². The number of allylic oxidation sites excluding steroid dienone is 4. The minimum atomic E-state index is -1.20. The molecule has 1 unspecified atom stereocenters. The lowest BCUT2D eigenvalue weighted by atomic mass is 9.56. The third-order valence-electron chi connectivity index (χ3n) is 8.19. The van der Waals surface area contributed by atoms with Crippen LogP contribution < -0.4 is 20.8 Å². The van der Waals surface area contributed by atoms with Gasteiger partial charge in [0.05, 0.1) is 11.6 Å². The Balaban J connectivity index is 1.53. The van der Waals surface area contributed by atoms with Gasteiger partial charge in [-0.1, -0.05) is 59.0 Å². The summed E-state index contributed by atoms with van der Waals surface area (Å²) in [7, 11) is 1.93. The summed E-state index contributed by atoms with van der Waals surface area (Å²) in [4.78, 5) is 39.1. The molecular weight excluding hydrogens is 562 g/mol. The number of ether oxygens (including phenoxy) is 1. The molecule has 7 nitrogen and oxygen atoms in total. The number of fused-ring (bicyclic) bond motifs is 2. The second kappa shape index (κ2) is 10.4. The molecule has 1 saturated heterocycles. The number of piperidine rings is 1. The molecule has 41 heavy (non-hydrogen) atoms. The van der Waals surface area contributed by atoms with Gasteiger partial charge in [0.25, 0.3) is 0 Å². The van der Waals surface area contributed by atoms with Crippen LogP contribution in [0, 0.1) is 11.8 Å². The molecule has 3 N–H and O–H groups in total. The summed E-state index contributed by atoms with van der Waals surface area (Å²) in [5.41, 5.74) is 1.84. The summed E-state index contributed by atoms with van der Waals surface area (Å²) in [6.07, 6.45) is 6.36. The number of rotatable bonds is 5. The first kappa shape index (κ1) is 27.2. The van der Waals surface area contributed by atoms with Crippen molar-refractivity contribution in [1.82, 2.24) is 5.32 Å². The average Bonchev–Trinajstić information content (AvgIpc) is 3.22. The van der Waals surface area contributed by atoms with E-state index in [1.165, 1.54) is 12.1 Å². The maximum atomic E-state index is 14.3. The highest BCUT2D eigenvalue weighted by atomic mass is 35.5. The minimum Gasteiger partial charge on any atom is -0.478 e. The molecule has 2 amide bonds. The molecule has 3 aromatic carbocycles. The number of amides is 2. The van der Waals surface area contributed by atoms with E-state index in [9.17, 15) is 19.5 Å². The van der Waals surface area contributed by atoms with Crippen molar-refractivity contribution in [2.24, 2.45) is 11.8 Å². The summed E-state index contributed by atoms with van der Waals surface area (Å²) < 4.78 is 6.29. The van der Waals surface area contributed by atoms with Crippen LogP contribution in [0.2, 0.25) is 5.02 Å². The molecule has 4 atom stereocenters. The summed E-state index contributed by atoms with van der Waals surface area (Å²) in [5, 5.41) is 16.6. The molecule has 0 saturated carbocycles. The van der Waals surface area contributed by atoms with Crippen molar-refractivity contribution in [2.45, 2.75) is 24.3 Å². The first-order valence-corrected chi connectivity index (χ1v) is 14.0. The number of benzene rings is 3. The first-order chi connectivity index (χ1) is 19.7. The summed E-state index contributed by atoms with van der Waals surface area (Å²) in [6, 6.07) is 16.2. The van der Waals surface area contributed by atoms with Crippen LogP contribution in [0.5, 0.6) is 11.5 Å². The number of carboxylic acids is 1. The molecule has 1 fully saturated rings. The van der Waals surface area contributed by atoms with Gasteiger partial charge in [0.15, 0.2) is 0 Å². The summed E-state index contributed by atoms with van der Waals surface area (Å²) in [6.45, 7) is 0. The van der Waals surface area contributed by atoms with Crippen LogP contribution >= 0.6 is 23.2 Å². The van der Waals surface area contributed by atoms with Gasteiger partial charge in [-0.3, -0.25) is 9.59 Å². The molecule has 6 rings (SSSR count). The second-order valence-electron chi connectivity index (χ2n) is 10.7. The zero-order valence-electron chi connectivity index (χ0n) is 22.0. The first-order valence-electron chi connectivity index (χ1n) is 13.2. The van der Waals surface area contributed by atoms with Crippen LogP contribution in [0.1, 0.15) is 40.4 Å². The van der Waals surface area contributed by atoms with Gasteiger partial charge >= 0.3 is 5.97 Å². The normalized spacial score (nSPS) is 24.8. The van der Waals surface area contributed by atoms with Gasteiger partial charge in [-0.05, 0) is 72.4 Å². The quantitative estimate of drug-likeness (QED) is 0.371. The number of hydrogen-bond acceptors (Lipinski definition) is 4. The Morgan fingerprint density at radius 2 is 1.80 bits per heavy atom. The molecule has 0 radical (unpaired) electrons. The van der Waals surface area contributed by atoms with E-state index >= 15 is 0 Å². The number of carbonyl (C=O) groups excluding carboxylic acids is 2. The highest BCUT2D eigenvalue weighted by Gasteiger charge is 2.62. The third kappa shape index (κ3) is 4.71. The van der Waals surface area contributed by atoms with Crippen LogP contribution in [-0.2, 0) is 15.0 Å². The van der Waals surface area contributed by atoms with Crippen LogP contribution in [0.15, 0.2) is 83.9 Å². The number of nitrogens with one attached hydrogen (secondary N) is 2. The smallest absolute Gasteiger partial charge is 0.335 e. The Bertz CT molecular complexity index is 1650. The topological polar surface area (TPSA) is 105 Å². The fraction of sp³-hybridized carbons (Fsp3) is 0.194. The molecule has 10 heteroatoms. The van der Waals surface area contributed by atoms with E-state index < -0.39 is 23.3 Å². The number of carboxylic acid groups (broad SMARTS) is 1. The lowest BCUT2D eigenvalue weighted by Gasteiger charge is -2.49. The molecular formula is C31H25BCl2N2O5. The minimum absolute atomic E-state index is 0.129. The van der Waals surface area contributed by atoms with E-state index in [1.54, 1.807) is 30.3 Å². The molecule has 3 aromatic rings. The van der Waals surface area contributed by atoms with Crippen LogP contribution in [0.25, 0.3) is 0 Å². The van der Waals surface area contributed by atoms with Crippen molar-refractivity contribution in [1.29, 1.82) is 0 Å². The maximum Gasteiger partial charge on any atom is 0.335 e. The van der Waals surface area contributed by atoms with E-state index in [4.69, 9.17) is 27.9 Å². The van der Waals surface area contributed by atoms with Gasteiger partial charge in [0, 0.05) is 27.7 Å². The highest BCUT2D eigenvalue weighted by molar-refractivity contribution is 6.32. The molecule has 2 heterocycles. The molecule has 1 spiro atoms. The summed E-state index contributed by atoms with van der Waals surface area (Å²) in [5.74, 6) is -1.19. The van der Waals surface area contributed by atoms with Gasteiger partial charge in [0.2, 0.25) is 11.8 Å². The predicted octanol–water partition coefficient (Wildman–Crippen LogP) is 4.86. The molecule has 2 aliphatic heterocycles. The van der Waals surface area contributed by atoms with Gasteiger partial charge < -0.3 is 20.5 Å². The molecule has 0 bridgehead atoms. The van der Waals surface area contributed by atoms with Crippen molar-refractivity contribution < 1.29 is 24.2 Å². The second-order valence-corrected chi connectivity index (χ2v) is 11.6. The van der Waals surface area contributed by atoms with E-state index in [1.807, 2.05) is 44.3 Å². The van der Waals surface area contributed by atoms with Crippen molar-refractivity contribution in [2.75, 3.05) is 5.32 Å². The highest BCUT2D eigenvalue weighted by Crippen LogP contribution is 2.58. The number of carbonyl (C=O) groups is 3. The van der Waals surface area contributed by atoms with Crippen molar-refractivity contribution >= 4 is 60.0 Å². The van der Waals surface area contributed by atoms with Gasteiger partial charge in [0.1, 0.15) is 24.8 Å². The SMILES string of the molecule is Bc1ccc(Oc2ccc(C(=O)O)cc2)c([C@@H]2NC(=O)CC([C@@H]3C=CC=C(Cl)C3)[C@]23C(=O)Nc2cc(Cl)ccc23)c1. The number of hydrogen-bond donors (Lipinski definition) is 3. The monoisotopic (exact) mass is 586 g/mol. The Kier molecular flexibility index (Phi) is 6.92. The van der Waals surface area contributed by atoms with Crippen molar-refractivity contribution in [3.63, 3.8) is 0 Å². The summed E-state index contributed by atoms with van der Waals surface area (Å²) >= 11 is 12.8. The molecule has 3 aliphatic rings. The zero-order chi connectivity index (χ0) is 28.9. The van der Waals surface area contributed by atoms with Crippen molar-refractivity contribution in [3.8, 4) is 11.5 Å². The maximum absolute atomic E-state index is 14.3. The van der Waals surface area contributed by atoms with Crippen LogP contribution in [-0.4, -0.2) is 30.7 Å². The fourth-order valence-electron chi connectivity index (χ4n) is 6.42. The van der Waals surface area contributed by atoms with Crippen LogP contribution in [0.4, 0.5) is 5.69 Å². The fourth-order valence-corrected chi connectivity index (χ4v) is 6.85. The zero-order valence-corrected chi connectivity index (χ0v) is 23.5. The van der Waals surface area contributed by atoms with Crippen LogP contribution in [0.3, 0.4) is 0 Å². The van der Waals surface area contributed by atoms with Gasteiger partial charge in [-0.15, -0.1) is 0 Å². The van der Waals surface area contributed by atoms with Gasteiger partial charge in [-0.2, -0.15) is 0 Å². The third-order valence-corrected chi connectivity index (χ3v) is 8.71. The lowest BCUT2D eigenvalue weighted by Crippen LogP contribution is -2.59. The van der Waals surface area contributed by atoms with E-state index in [0.29, 0.717) is 39.2 Å².